The number of hydrogen-bond donors (Lipinski definition) is 1. The molecule has 3 aromatic rings. The van der Waals surface area contributed by atoms with Gasteiger partial charge in [-0.2, -0.15) is 0 Å². The Kier molecular flexibility index (Phi) is 6.75. The number of likely N-dealkylation sites (tertiary alicyclic amines) is 1. The van der Waals surface area contributed by atoms with Gasteiger partial charge in [-0.15, -0.1) is 0 Å². The fourth-order valence-electron chi connectivity index (χ4n) is 4.00. The van der Waals surface area contributed by atoms with Gasteiger partial charge in [-0.3, -0.25) is 9.69 Å². The molecule has 1 amide bonds. The molecule has 4 rings (SSSR count). The summed E-state index contributed by atoms with van der Waals surface area (Å²) in [6.45, 7) is 4.81. The molecule has 1 aliphatic heterocycles. The molecule has 0 spiro atoms. The molecular formula is C25H27FN4O2. The van der Waals surface area contributed by atoms with Crippen LogP contribution in [0.4, 0.5) is 4.39 Å². The van der Waals surface area contributed by atoms with Crippen molar-refractivity contribution >= 4 is 5.91 Å². The maximum Gasteiger partial charge on any atom is 0.254 e. The number of aromatic nitrogens is 2. The fraction of sp³-hybridized carbons (Fsp3) is 0.320. The molecule has 1 aliphatic rings. The normalized spacial score (nSPS) is 16.2. The molecule has 2 aromatic carbocycles. The van der Waals surface area contributed by atoms with Crippen molar-refractivity contribution in [1.29, 1.82) is 0 Å². The van der Waals surface area contributed by atoms with Crippen LogP contribution in [-0.2, 0) is 13.1 Å². The van der Waals surface area contributed by atoms with Crippen molar-refractivity contribution in [1.82, 2.24) is 20.2 Å². The minimum atomic E-state index is -0.218. The highest BCUT2D eigenvalue weighted by molar-refractivity contribution is 5.94. The van der Waals surface area contributed by atoms with E-state index in [1.165, 1.54) is 12.1 Å². The van der Waals surface area contributed by atoms with Gasteiger partial charge in [-0.1, -0.05) is 24.3 Å². The van der Waals surface area contributed by atoms with E-state index >= 15 is 0 Å². The summed E-state index contributed by atoms with van der Waals surface area (Å²) in [5.74, 6) is 1.34. The highest BCUT2D eigenvalue weighted by Crippen LogP contribution is 2.26. The Morgan fingerprint density at radius 2 is 2.03 bits per heavy atom. The summed E-state index contributed by atoms with van der Waals surface area (Å²) in [4.78, 5) is 24.1. The molecule has 1 N–H and O–H groups in total. The van der Waals surface area contributed by atoms with Crippen molar-refractivity contribution in [2.24, 2.45) is 0 Å². The van der Waals surface area contributed by atoms with E-state index in [4.69, 9.17) is 4.74 Å². The molecule has 1 fully saturated rings. The predicted molar refractivity (Wildman–Crippen MR) is 120 cm³/mol. The minimum Gasteiger partial charge on any atom is -0.497 e. The van der Waals surface area contributed by atoms with E-state index in [0.717, 1.165) is 48.8 Å². The first-order valence-corrected chi connectivity index (χ1v) is 10.7. The van der Waals surface area contributed by atoms with Crippen LogP contribution in [0.1, 0.15) is 45.3 Å². The third-order valence-corrected chi connectivity index (χ3v) is 5.79. The molecule has 6 nitrogen and oxygen atoms in total. The van der Waals surface area contributed by atoms with Crippen LogP contribution < -0.4 is 10.1 Å². The smallest absolute Gasteiger partial charge is 0.254 e. The maximum absolute atomic E-state index is 13.1. The summed E-state index contributed by atoms with van der Waals surface area (Å²) in [6.07, 6.45) is 2.59. The van der Waals surface area contributed by atoms with E-state index in [2.05, 4.69) is 20.2 Å². The minimum absolute atomic E-state index is 0.193. The van der Waals surface area contributed by atoms with E-state index in [0.29, 0.717) is 17.8 Å². The van der Waals surface area contributed by atoms with Crippen LogP contribution in [0.2, 0.25) is 0 Å². The molecule has 1 saturated heterocycles. The monoisotopic (exact) mass is 434 g/mol. The van der Waals surface area contributed by atoms with Crippen LogP contribution >= 0.6 is 0 Å². The summed E-state index contributed by atoms with van der Waals surface area (Å²) in [7, 11) is 1.62. The molecule has 1 atom stereocenters. The van der Waals surface area contributed by atoms with Crippen molar-refractivity contribution in [3.05, 3.63) is 88.8 Å². The lowest BCUT2D eigenvalue weighted by atomic mass is 10.1. The molecule has 7 heteroatoms. The molecule has 0 radical (unpaired) electrons. The highest BCUT2D eigenvalue weighted by Gasteiger charge is 2.26. The molecule has 166 valence electrons. The van der Waals surface area contributed by atoms with E-state index in [1.807, 2.05) is 43.3 Å². The first-order valence-electron chi connectivity index (χ1n) is 10.7. The molecule has 1 unspecified atom stereocenters. The summed E-state index contributed by atoms with van der Waals surface area (Å²) >= 11 is 0. The summed E-state index contributed by atoms with van der Waals surface area (Å²) in [5, 5.41) is 2.93. The lowest BCUT2D eigenvalue weighted by Crippen LogP contribution is -2.25. The van der Waals surface area contributed by atoms with Crippen LogP contribution in [0.3, 0.4) is 0 Å². The Labute approximate surface area is 187 Å². The van der Waals surface area contributed by atoms with Crippen molar-refractivity contribution < 1.29 is 13.9 Å². The van der Waals surface area contributed by atoms with Gasteiger partial charge in [0.15, 0.2) is 0 Å². The average Bonchev–Trinajstić information content (AvgIpc) is 3.27. The van der Waals surface area contributed by atoms with Gasteiger partial charge in [-0.05, 0) is 55.3 Å². The zero-order chi connectivity index (χ0) is 22.5. The first kappa shape index (κ1) is 21.9. The standard InChI is InChI=1S/C25H27FN4O2/c1-17-23(25(31)28-13-19-4-3-5-22(12-19)32-2)14-27-24(29-17)20-10-11-30(16-20)15-18-6-8-21(26)9-7-18/h3-9,12,14,20H,10-11,13,15-16H2,1-2H3,(H,28,31). The number of aryl methyl sites for hydroxylation is 1. The summed E-state index contributed by atoms with van der Waals surface area (Å²) in [6, 6.07) is 14.2. The van der Waals surface area contributed by atoms with E-state index < -0.39 is 0 Å². The lowest BCUT2D eigenvalue weighted by Gasteiger charge is -2.16. The molecule has 32 heavy (non-hydrogen) atoms. The molecular weight excluding hydrogens is 407 g/mol. The number of carbonyl (C=O) groups excluding carboxylic acids is 1. The quantitative estimate of drug-likeness (QED) is 0.612. The van der Waals surface area contributed by atoms with Crippen LogP contribution in [0.5, 0.6) is 5.75 Å². The number of carbonyl (C=O) groups is 1. The first-order chi connectivity index (χ1) is 15.5. The van der Waals surface area contributed by atoms with Crippen LogP contribution in [0, 0.1) is 12.7 Å². The number of halogens is 1. The lowest BCUT2D eigenvalue weighted by molar-refractivity contribution is 0.0949. The third-order valence-electron chi connectivity index (χ3n) is 5.79. The largest absolute Gasteiger partial charge is 0.497 e. The van der Waals surface area contributed by atoms with Gasteiger partial charge in [0, 0.05) is 31.7 Å². The van der Waals surface area contributed by atoms with Gasteiger partial charge < -0.3 is 10.1 Å². The number of benzene rings is 2. The van der Waals surface area contributed by atoms with Crippen LogP contribution in [-0.4, -0.2) is 41.0 Å². The van der Waals surface area contributed by atoms with E-state index in [1.54, 1.807) is 13.3 Å². The van der Waals surface area contributed by atoms with E-state index in [9.17, 15) is 9.18 Å². The molecule has 0 bridgehead atoms. The third kappa shape index (κ3) is 5.29. The summed E-state index contributed by atoms with van der Waals surface area (Å²) < 4.78 is 18.3. The van der Waals surface area contributed by atoms with Gasteiger partial charge in [0.25, 0.3) is 5.91 Å². The van der Waals surface area contributed by atoms with Crippen molar-refractivity contribution in [3.8, 4) is 5.75 Å². The Hall–Kier alpha value is -3.32. The molecule has 1 aromatic heterocycles. The second kappa shape index (κ2) is 9.87. The fourth-order valence-corrected chi connectivity index (χ4v) is 4.00. The molecule has 2 heterocycles. The molecule has 0 aliphatic carbocycles. The highest BCUT2D eigenvalue weighted by atomic mass is 19.1. The Morgan fingerprint density at radius 3 is 2.78 bits per heavy atom. The number of ether oxygens (including phenoxy) is 1. The van der Waals surface area contributed by atoms with Gasteiger partial charge in [0.05, 0.1) is 18.4 Å². The number of nitrogens with zero attached hydrogens (tertiary/aromatic N) is 3. The maximum atomic E-state index is 13.1. The Balaban J connectivity index is 1.35. The van der Waals surface area contributed by atoms with E-state index in [-0.39, 0.29) is 17.6 Å². The Morgan fingerprint density at radius 1 is 1.22 bits per heavy atom. The van der Waals surface area contributed by atoms with Gasteiger partial charge in [0.1, 0.15) is 17.4 Å². The predicted octanol–water partition coefficient (Wildman–Crippen LogP) is 3.85. The van der Waals surface area contributed by atoms with Crippen molar-refractivity contribution in [2.75, 3.05) is 20.2 Å². The number of rotatable bonds is 7. The van der Waals surface area contributed by atoms with Gasteiger partial charge in [-0.25, -0.2) is 14.4 Å². The van der Waals surface area contributed by atoms with Crippen molar-refractivity contribution in [3.63, 3.8) is 0 Å². The second-order valence-corrected chi connectivity index (χ2v) is 8.11. The number of nitrogens with one attached hydrogen (secondary N) is 1. The number of hydrogen-bond acceptors (Lipinski definition) is 5. The second-order valence-electron chi connectivity index (χ2n) is 8.11. The van der Waals surface area contributed by atoms with Crippen molar-refractivity contribution in [2.45, 2.75) is 32.4 Å². The molecule has 0 saturated carbocycles. The topological polar surface area (TPSA) is 67.3 Å². The zero-order valence-electron chi connectivity index (χ0n) is 18.3. The number of methoxy groups -OCH3 is 1. The Bertz CT molecular complexity index is 1090. The zero-order valence-corrected chi connectivity index (χ0v) is 18.3. The summed E-state index contributed by atoms with van der Waals surface area (Å²) in [5.41, 5.74) is 3.21. The number of amides is 1. The van der Waals surface area contributed by atoms with Gasteiger partial charge >= 0.3 is 0 Å². The van der Waals surface area contributed by atoms with Gasteiger partial charge in [0.2, 0.25) is 0 Å². The average molecular weight is 435 g/mol. The van der Waals surface area contributed by atoms with Crippen LogP contribution in [0.25, 0.3) is 0 Å². The van der Waals surface area contributed by atoms with Crippen LogP contribution in [0.15, 0.2) is 54.7 Å². The SMILES string of the molecule is COc1cccc(CNC(=O)c2cnc(C3CCN(Cc4ccc(F)cc4)C3)nc2C)c1.